The van der Waals surface area contributed by atoms with Gasteiger partial charge in [0.05, 0.1) is 22.2 Å². The van der Waals surface area contributed by atoms with Gasteiger partial charge in [-0.15, -0.1) is 0 Å². The molecule has 0 atom stereocenters. The third-order valence-corrected chi connectivity index (χ3v) is 4.87. The SMILES string of the molecule is CC(C)(CNc1ncc(N)cc1C#N)S(C)(=O)=O. The van der Waals surface area contributed by atoms with Crippen LogP contribution in [0.15, 0.2) is 12.3 Å². The summed E-state index contributed by atoms with van der Waals surface area (Å²) in [5.74, 6) is 0.337. The molecule has 7 heteroatoms. The predicted octanol–water partition coefficient (Wildman–Crippen LogP) is 0.771. The molecule has 0 aromatic carbocycles. The number of nitrogens with one attached hydrogen (secondary N) is 1. The minimum atomic E-state index is -3.20. The molecule has 0 aliphatic rings. The van der Waals surface area contributed by atoms with Gasteiger partial charge < -0.3 is 11.1 Å². The van der Waals surface area contributed by atoms with Crippen molar-refractivity contribution in [2.24, 2.45) is 0 Å². The first-order valence-corrected chi connectivity index (χ1v) is 7.15. The monoisotopic (exact) mass is 268 g/mol. The van der Waals surface area contributed by atoms with Crippen molar-refractivity contribution in [3.63, 3.8) is 0 Å². The van der Waals surface area contributed by atoms with Crippen LogP contribution in [0.25, 0.3) is 0 Å². The van der Waals surface area contributed by atoms with E-state index in [-0.39, 0.29) is 6.54 Å². The van der Waals surface area contributed by atoms with E-state index in [0.29, 0.717) is 17.1 Å². The number of anilines is 2. The van der Waals surface area contributed by atoms with Crippen molar-refractivity contribution in [3.8, 4) is 6.07 Å². The van der Waals surface area contributed by atoms with Gasteiger partial charge in [0.1, 0.15) is 11.9 Å². The molecule has 0 unspecified atom stereocenters. The van der Waals surface area contributed by atoms with E-state index in [0.717, 1.165) is 0 Å². The molecule has 0 aliphatic carbocycles. The highest BCUT2D eigenvalue weighted by Gasteiger charge is 2.30. The lowest BCUT2D eigenvalue weighted by molar-refractivity contribution is 0.559. The first-order chi connectivity index (χ1) is 8.17. The number of nitriles is 1. The van der Waals surface area contributed by atoms with Crippen molar-refractivity contribution in [2.75, 3.05) is 23.9 Å². The van der Waals surface area contributed by atoms with Gasteiger partial charge in [0.2, 0.25) is 0 Å². The Morgan fingerprint density at radius 3 is 2.67 bits per heavy atom. The minimum absolute atomic E-state index is 0.164. The summed E-state index contributed by atoms with van der Waals surface area (Å²) in [5, 5.41) is 11.8. The van der Waals surface area contributed by atoms with E-state index in [2.05, 4.69) is 10.3 Å². The molecule has 0 amide bonds. The number of hydrogen-bond donors (Lipinski definition) is 2. The van der Waals surface area contributed by atoms with Crippen molar-refractivity contribution < 1.29 is 8.42 Å². The van der Waals surface area contributed by atoms with Gasteiger partial charge in [-0.3, -0.25) is 0 Å². The fraction of sp³-hybridized carbons (Fsp3) is 0.455. The lowest BCUT2D eigenvalue weighted by Crippen LogP contribution is -2.38. The Bertz CT molecular complexity index is 588. The average Bonchev–Trinajstić information content (AvgIpc) is 2.25. The number of rotatable bonds is 4. The van der Waals surface area contributed by atoms with Crippen molar-refractivity contribution in [2.45, 2.75) is 18.6 Å². The van der Waals surface area contributed by atoms with Crippen LogP contribution in [-0.4, -0.2) is 30.9 Å². The van der Waals surface area contributed by atoms with Crippen molar-refractivity contribution in [1.29, 1.82) is 5.26 Å². The summed E-state index contributed by atoms with van der Waals surface area (Å²) in [6, 6.07) is 3.45. The zero-order valence-corrected chi connectivity index (χ0v) is 11.4. The predicted molar refractivity (Wildman–Crippen MR) is 70.8 cm³/mol. The third kappa shape index (κ3) is 3.11. The maximum Gasteiger partial charge on any atom is 0.154 e. The summed E-state index contributed by atoms with van der Waals surface area (Å²) in [7, 11) is -3.20. The van der Waals surface area contributed by atoms with Crippen LogP contribution in [0.2, 0.25) is 0 Å². The molecule has 18 heavy (non-hydrogen) atoms. The average molecular weight is 268 g/mol. The number of aromatic nitrogens is 1. The number of nitrogens with zero attached hydrogens (tertiary/aromatic N) is 2. The van der Waals surface area contributed by atoms with Gasteiger partial charge in [-0.25, -0.2) is 13.4 Å². The fourth-order valence-corrected chi connectivity index (χ4v) is 1.47. The van der Waals surface area contributed by atoms with Gasteiger partial charge in [0.25, 0.3) is 0 Å². The van der Waals surface area contributed by atoms with Crippen LogP contribution in [0.4, 0.5) is 11.5 Å². The largest absolute Gasteiger partial charge is 0.397 e. The normalized spacial score (nSPS) is 11.9. The van der Waals surface area contributed by atoms with E-state index in [4.69, 9.17) is 11.0 Å². The Balaban J connectivity index is 2.92. The summed E-state index contributed by atoms with van der Waals surface area (Å²) in [6.45, 7) is 3.38. The van der Waals surface area contributed by atoms with E-state index >= 15 is 0 Å². The molecule has 0 aliphatic heterocycles. The maximum absolute atomic E-state index is 11.5. The van der Waals surface area contributed by atoms with Gasteiger partial charge in [0.15, 0.2) is 9.84 Å². The first-order valence-electron chi connectivity index (χ1n) is 5.26. The van der Waals surface area contributed by atoms with Crippen LogP contribution in [0.1, 0.15) is 19.4 Å². The van der Waals surface area contributed by atoms with E-state index in [1.165, 1.54) is 18.5 Å². The minimum Gasteiger partial charge on any atom is -0.397 e. The van der Waals surface area contributed by atoms with E-state index in [9.17, 15) is 8.42 Å². The molecule has 98 valence electrons. The second-order valence-electron chi connectivity index (χ2n) is 4.66. The number of nitrogen functional groups attached to an aromatic ring is 1. The lowest BCUT2D eigenvalue weighted by Gasteiger charge is -2.23. The van der Waals surface area contributed by atoms with E-state index in [1.807, 2.05) is 6.07 Å². The number of pyridine rings is 1. The summed E-state index contributed by atoms with van der Waals surface area (Å²) < 4.78 is 22.1. The Morgan fingerprint density at radius 2 is 2.17 bits per heavy atom. The highest BCUT2D eigenvalue weighted by molar-refractivity contribution is 7.92. The summed E-state index contributed by atoms with van der Waals surface area (Å²) in [6.07, 6.45) is 2.59. The molecule has 1 aromatic heterocycles. The van der Waals surface area contributed by atoms with Crippen molar-refractivity contribution in [3.05, 3.63) is 17.8 Å². The van der Waals surface area contributed by atoms with Gasteiger partial charge in [-0.2, -0.15) is 5.26 Å². The molecule has 6 nitrogen and oxygen atoms in total. The fourth-order valence-electron chi connectivity index (χ4n) is 1.13. The molecule has 1 heterocycles. The van der Waals surface area contributed by atoms with Gasteiger partial charge in [-0.05, 0) is 19.9 Å². The maximum atomic E-state index is 11.5. The molecule has 0 bridgehead atoms. The number of nitrogens with two attached hydrogens (primary N) is 1. The Morgan fingerprint density at radius 1 is 1.56 bits per heavy atom. The van der Waals surface area contributed by atoms with Gasteiger partial charge in [0, 0.05) is 12.8 Å². The second kappa shape index (κ2) is 4.82. The molecule has 0 saturated heterocycles. The van der Waals surface area contributed by atoms with Crippen LogP contribution >= 0.6 is 0 Å². The van der Waals surface area contributed by atoms with Crippen LogP contribution in [0, 0.1) is 11.3 Å². The molecule has 3 N–H and O–H groups in total. The van der Waals surface area contributed by atoms with Crippen molar-refractivity contribution >= 4 is 21.3 Å². The number of hydrogen-bond acceptors (Lipinski definition) is 6. The standard InChI is InChI=1S/C11H16N4O2S/c1-11(2,18(3,16)17)7-15-10-8(5-12)4-9(13)6-14-10/h4,6H,7,13H2,1-3H3,(H,14,15). The third-order valence-electron chi connectivity index (χ3n) is 2.71. The van der Waals surface area contributed by atoms with E-state index < -0.39 is 14.6 Å². The number of sulfone groups is 1. The lowest BCUT2D eigenvalue weighted by atomic mass is 10.2. The Labute approximate surface area is 107 Å². The zero-order valence-electron chi connectivity index (χ0n) is 10.6. The highest BCUT2D eigenvalue weighted by Crippen LogP contribution is 2.19. The summed E-state index contributed by atoms with van der Waals surface area (Å²) >= 11 is 0. The van der Waals surface area contributed by atoms with Crippen molar-refractivity contribution in [1.82, 2.24) is 4.98 Å². The van der Waals surface area contributed by atoms with Crippen LogP contribution in [0.3, 0.4) is 0 Å². The second-order valence-corrected chi connectivity index (χ2v) is 7.31. The molecule has 0 radical (unpaired) electrons. The molecule has 0 saturated carbocycles. The Kier molecular flexibility index (Phi) is 3.82. The molecular formula is C11H16N4O2S. The topological polar surface area (TPSA) is 109 Å². The molecular weight excluding hydrogens is 252 g/mol. The summed E-state index contributed by atoms with van der Waals surface area (Å²) in [4.78, 5) is 3.98. The zero-order chi connectivity index (χ0) is 14.0. The van der Waals surface area contributed by atoms with Gasteiger partial charge >= 0.3 is 0 Å². The molecule has 1 aromatic rings. The highest BCUT2D eigenvalue weighted by atomic mass is 32.2. The van der Waals surface area contributed by atoms with Crippen LogP contribution in [-0.2, 0) is 9.84 Å². The Hall–Kier alpha value is -1.81. The quantitative estimate of drug-likeness (QED) is 0.834. The smallest absolute Gasteiger partial charge is 0.154 e. The summed E-state index contributed by atoms with van der Waals surface area (Å²) in [5.41, 5.74) is 6.20. The van der Waals surface area contributed by atoms with Gasteiger partial charge in [-0.1, -0.05) is 0 Å². The van der Waals surface area contributed by atoms with Crippen LogP contribution < -0.4 is 11.1 Å². The first kappa shape index (κ1) is 14.3. The molecule has 0 fully saturated rings. The van der Waals surface area contributed by atoms with E-state index in [1.54, 1.807) is 13.8 Å². The van der Waals surface area contributed by atoms with Crippen LogP contribution in [0.5, 0.6) is 0 Å². The molecule has 1 rings (SSSR count). The molecule has 0 spiro atoms.